The number of rotatable bonds is 12. The number of benzene rings is 1. The molecule has 0 unspecified atom stereocenters. The number of amides is 2. The van der Waals surface area contributed by atoms with Crippen LogP contribution in [0.2, 0.25) is 0 Å². The lowest BCUT2D eigenvalue weighted by atomic mass is 9.97. The van der Waals surface area contributed by atoms with E-state index in [2.05, 4.69) is 13.8 Å². The van der Waals surface area contributed by atoms with Crippen LogP contribution in [0, 0.1) is 5.92 Å². The topological polar surface area (TPSA) is 128 Å². The summed E-state index contributed by atoms with van der Waals surface area (Å²) in [6.07, 6.45) is 3.33. The maximum Gasteiger partial charge on any atom is 0.243 e. The number of aromatic hydroxyl groups is 1. The fourth-order valence-corrected chi connectivity index (χ4v) is 2.61. The fourth-order valence-electron chi connectivity index (χ4n) is 2.61. The van der Waals surface area contributed by atoms with Crippen molar-refractivity contribution >= 4 is 11.8 Å². The number of phenols is 1. The number of unbranched alkanes of at least 4 members (excludes halogenated alkanes) is 1. The molecule has 0 aromatic heterocycles. The summed E-state index contributed by atoms with van der Waals surface area (Å²) < 4.78 is 5.79. The summed E-state index contributed by atoms with van der Waals surface area (Å²) in [4.78, 5) is 22.2. The van der Waals surface area contributed by atoms with E-state index >= 15 is 0 Å². The van der Waals surface area contributed by atoms with Crippen molar-refractivity contribution in [3.8, 4) is 11.5 Å². The number of ether oxygens (including phenoxy) is 1. The van der Waals surface area contributed by atoms with Gasteiger partial charge in [-0.05, 0) is 49.7 Å². The molecule has 0 bridgehead atoms. The van der Waals surface area contributed by atoms with Gasteiger partial charge in [-0.15, -0.1) is 0 Å². The van der Waals surface area contributed by atoms with Crippen LogP contribution in [0.5, 0.6) is 11.5 Å². The number of phenolic OH excluding ortho intramolecular Hbond substituents is 1. The first-order valence-electron chi connectivity index (χ1n) is 9.21. The minimum Gasteiger partial charge on any atom is -0.507 e. The third kappa shape index (κ3) is 8.27. The van der Waals surface area contributed by atoms with Crippen molar-refractivity contribution in [1.82, 2.24) is 11.0 Å². The molecule has 27 heavy (non-hydrogen) atoms. The molecule has 1 rings (SSSR count). The standard InChI is InChI=1S/C19H30N2O6/c1-13(2)6-9-15-16(27-12-4-3-5-17(22)20-25)10-7-14(19(15)24)8-11-18(23)21-26/h7,10,13,24-26H,3-6,8-9,11-12H2,1-2H3,(H,20,22)(H,21,23). The molecule has 0 heterocycles. The summed E-state index contributed by atoms with van der Waals surface area (Å²) >= 11 is 0. The third-order valence-corrected chi connectivity index (χ3v) is 4.22. The van der Waals surface area contributed by atoms with Gasteiger partial charge >= 0.3 is 0 Å². The average molecular weight is 382 g/mol. The summed E-state index contributed by atoms with van der Waals surface area (Å²) in [6, 6.07) is 3.50. The van der Waals surface area contributed by atoms with Crippen LogP contribution in [0.1, 0.15) is 57.1 Å². The lowest BCUT2D eigenvalue weighted by molar-refractivity contribution is -0.129. The van der Waals surface area contributed by atoms with E-state index in [9.17, 15) is 14.7 Å². The molecule has 2 amide bonds. The Morgan fingerprint density at radius 2 is 1.70 bits per heavy atom. The first-order chi connectivity index (χ1) is 12.9. The van der Waals surface area contributed by atoms with Crippen LogP contribution in [0.4, 0.5) is 0 Å². The summed E-state index contributed by atoms with van der Waals surface area (Å²) in [5.74, 6) is 0.235. The molecule has 152 valence electrons. The van der Waals surface area contributed by atoms with Crippen LogP contribution < -0.4 is 15.7 Å². The van der Waals surface area contributed by atoms with Gasteiger partial charge in [-0.2, -0.15) is 0 Å². The van der Waals surface area contributed by atoms with E-state index in [1.807, 2.05) is 0 Å². The largest absolute Gasteiger partial charge is 0.507 e. The Morgan fingerprint density at radius 3 is 2.33 bits per heavy atom. The highest BCUT2D eigenvalue weighted by Gasteiger charge is 2.15. The maximum atomic E-state index is 11.2. The van der Waals surface area contributed by atoms with E-state index in [0.717, 1.165) is 6.42 Å². The molecule has 0 aliphatic heterocycles. The van der Waals surface area contributed by atoms with E-state index in [-0.39, 0.29) is 18.6 Å². The minimum atomic E-state index is -0.509. The maximum absolute atomic E-state index is 11.2. The summed E-state index contributed by atoms with van der Waals surface area (Å²) in [5.41, 5.74) is 4.51. The molecule has 0 fully saturated rings. The molecule has 8 nitrogen and oxygen atoms in total. The molecule has 0 atom stereocenters. The third-order valence-electron chi connectivity index (χ3n) is 4.22. The number of nitrogens with one attached hydrogen (secondary N) is 2. The molecule has 1 aromatic carbocycles. The van der Waals surface area contributed by atoms with Crippen LogP contribution in [0.3, 0.4) is 0 Å². The first kappa shape index (κ1) is 22.7. The van der Waals surface area contributed by atoms with Crippen LogP contribution >= 0.6 is 0 Å². The molecular weight excluding hydrogens is 352 g/mol. The Balaban J connectivity index is 2.77. The average Bonchev–Trinajstić information content (AvgIpc) is 2.65. The Bertz CT molecular complexity index is 618. The van der Waals surface area contributed by atoms with Gasteiger partial charge in [0, 0.05) is 18.4 Å². The summed E-state index contributed by atoms with van der Waals surface area (Å²) in [5, 5.41) is 27.7. The second-order valence-corrected chi connectivity index (χ2v) is 6.86. The number of hydroxylamine groups is 2. The Morgan fingerprint density at radius 1 is 1.04 bits per heavy atom. The predicted octanol–water partition coefficient (Wildman–Crippen LogP) is 2.47. The van der Waals surface area contributed by atoms with Crippen LogP contribution in [0.25, 0.3) is 0 Å². The molecule has 0 aliphatic carbocycles. The van der Waals surface area contributed by atoms with Crippen molar-refractivity contribution in [3.63, 3.8) is 0 Å². The Hall–Kier alpha value is -2.32. The fraction of sp³-hybridized carbons (Fsp3) is 0.579. The summed E-state index contributed by atoms with van der Waals surface area (Å²) in [6.45, 7) is 4.58. The van der Waals surface area contributed by atoms with E-state index in [4.69, 9.17) is 15.2 Å². The number of hydrogen-bond acceptors (Lipinski definition) is 6. The monoisotopic (exact) mass is 382 g/mol. The highest BCUT2D eigenvalue weighted by atomic mass is 16.5. The molecule has 0 saturated heterocycles. The smallest absolute Gasteiger partial charge is 0.243 e. The van der Waals surface area contributed by atoms with Gasteiger partial charge in [0.1, 0.15) is 11.5 Å². The molecule has 5 N–H and O–H groups in total. The second-order valence-electron chi connectivity index (χ2n) is 6.86. The van der Waals surface area contributed by atoms with Gasteiger partial charge in [-0.25, -0.2) is 11.0 Å². The van der Waals surface area contributed by atoms with E-state index in [0.29, 0.717) is 55.1 Å². The van der Waals surface area contributed by atoms with Gasteiger partial charge in [0.05, 0.1) is 6.61 Å². The lowest BCUT2D eigenvalue weighted by Gasteiger charge is -2.16. The van der Waals surface area contributed by atoms with Gasteiger partial charge in [-0.3, -0.25) is 20.0 Å². The molecule has 0 aliphatic rings. The molecular formula is C19H30N2O6. The van der Waals surface area contributed by atoms with Crippen molar-refractivity contribution in [2.24, 2.45) is 5.92 Å². The van der Waals surface area contributed by atoms with Crippen molar-refractivity contribution in [1.29, 1.82) is 0 Å². The predicted molar refractivity (Wildman–Crippen MR) is 98.8 cm³/mol. The van der Waals surface area contributed by atoms with E-state index in [1.54, 1.807) is 23.1 Å². The highest BCUT2D eigenvalue weighted by molar-refractivity contribution is 5.75. The first-order valence-corrected chi connectivity index (χ1v) is 9.21. The molecule has 0 spiro atoms. The zero-order valence-corrected chi connectivity index (χ0v) is 16.0. The normalized spacial score (nSPS) is 10.7. The molecule has 1 aromatic rings. The molecule has 8 heteroatoms. The van der Waals surface area contributed by atoms with E-state index in [1.165, 1.54) is 0 Å². The minimum absolute atomic E-state index is 0.0702. The van der Waals surface area contributed by atoms with Crippen LogP contribution in [-0.2, 0) is 22.4 Å². The number of carbonyl (C=O) groups excluding carboxylic acids is 2. The van der Waals surface area contributed by atoms with Crippen LogP contribution in [-0.4, -0.2) is 33.9 Å². The lowest BCUT2D eigenvalue weighted by Crippen LogP contribution is -2.18. The van der Waals surface area contributed by atoms with Crippen molar-refractivity contribution < 1.29 is 29.8 Å². The SMILES string of the molecule is CC(C)CCc1c(OCCCCC(=O)NO)ccc(CCC(=O)NO)c1O. The number of hydrogen-bond donors (Lipinski definition) is 5. The van der Waals surface area contributed by atoms with Gasteiger partial charge in [0.15, 0.2) is 0 Å². The number of aryl methyl sites for hydroxylation is 1. The quantitative estimate of drug-likeness (QED) is 0.215. The van der Waals surface area contributed by atoms with E-state index < -0.39 is 11.8 Å². The Kier molecular flexibility index (Phi) is 10.2. The Labute approximate surface area is 159 Å². The van der Waals surface area contributed by atoms with Gasteiger partial charge in [-0.1, -0.05) is 19.9 Å². The molecule has 0 saturated carbocycles. The van der Waals surface area contributed by atoms with Crippen molar-refractivity contribution in [3.05, 3.63) is 23.3 Å². The zero-order chi connectivity index (χ0) is 20.2. The van der Waals surface area contributed by atoms with Gasteiger partial charge in [0.2, 0.25) is 11.8 Å². The zero-order valence-electron chi connectivity index (χ0n) is 16.0. The number of carbonyl (C=O) groups is 2. The van der Waals surface area contributed by atoms with Gasteiger partial charge < -0.3 is 9.84 Å². The molecule has 0 radical (unpaired) electrons. The summed E-state index contributed by atoms with van der Waals surface area (Å²) in [7, 11) is 0. The van der Waals surface area contributed by atoms with Crippen LogP contribution in [0.15, 0.2) is 12.1 Å². The van der Waals surface area contributed by atoms with Crippen molar-refractivity contribution in [2.45, 2.75) is 58.8 Å². The second kappa shape index (κ2) is 12.1. The highest BCUT2D eigenvalue weighted by Crippen LogP contribution is 2.34. The van der Waals surface area contributed by atoms with Gasteiger partial charge in [0.25, 0.3) is 0 Å². The van der Waals surface area contributed by atoms with Crippen molar-refractivity contribution in [2.75, 3.05) is 6.61 Å².